The Labute approximate surface area is 108 Å². The maximum atomic E-state index is 12.8. The van der Waals surface area contributed by atoms with Gasteiger partial charge in [-0.1, -0.05) is 29.3 Å². The Balaban J connectivity index is 2.99. The molecule has 1 aromatic rings. The third-order valence-corrected chi connectivity index (χ3v) is 2.90. The summed E-state index contributed by atoms with van der Waals surface area (Å²) in [5.41, 5.74) is -0.489. The Morgan fingerprint density at radius 3 is 2.53 bits per heavy atom. The largest absolute Gasteiger partial charge is 0.418 e. The fourth-order valence-electron chi connectivity index (χ4n) is 1.65. The third kappa shape index (κ3) is 4.22. The summed E-state index contributed by atoms with van der Waals surface area (Å²) >= 11 is 3.06. The summed E-state index contributed by atoms with van der Waals surface area (Å²) in [6.45, 7) is 3.89. The number of nitrogens with one attached hydrogen (secondary N) is 1. The Hall–Kier alpha value is -0.710. The van der Waals surface area contributed by atoms with Crippen LogP contribution in [0.3, 0.4) is 0 Å². The normalized spacial score (nSPS) is 13.5. The van der Waals surface area contributed by atoms with Crippen molar-refractivity contribution in [1.82, 2.24) is 0 Å². The van der Waals surface area contributed by atoms with Crippen molar-refractivity contribution >= 4 is 21.6 Å². The lowest BCUT2D eigenvalue weighted by molar-refractivity contribution is -0.137. The van der Waals surface area contributed by atoms with Gasteiger partial charge >= 0.3 is 6.18 Å². The van der Waals surface area contributed by atoms with Gasteiger partial charge in [0, 0.05) is 16.2 Å². The molecule has 0 aliphatic carbocycles. The Bertz CT molecular complexity index is 377. The van der Waals surface area contributed by atoms with Crippen LogP contribution in [-0.4, -0.2) is 6.04 Å². The Morgan fingerprint density at radius 1 is 1.35 bits per heavy atom. The first kappa shape index (κ1) is 14.4. The van der Waals surface area contributed by atoms with Crippen LogP contribution in [0.5, 0.6) is 0 Å². The molecular formula is C12H15BrF3N. The van der Waals surface area contributed by atoms with Crippen molar-refractivity contribution in [3.05, 3.63) is 28.2 Å². The van der Waals surface area contributed by atoms with E-state index in [2.05, 4.69) is 21.2 Å². The van der Waals surface area contributed by atoms with Crippen molar-refractivity contribution in [3.8, 4) is 0 Å². The predicted molar refractivity (Wildman–Crippen MR) is 67.1 cm³/mol. The highest BCUT2D eigenvalue weighted by molar-refractivity contribution is 9.10. The van der Waals surface area contributed by atoms with Gasteiger partial charge in [-0.2, -0.15) is 13.2 Å². The van der Waals surface area contributed by atoms with Gasteiger partial charge in [0.05, 0.1) is 5.56 Å². The van der Waals surface area contributed by atoms with Gasteiger partial charge in [-0.3, -0.25) is 0 Å². The first-order valence-corrected chi connectivity index (χ1v) is 6.27. The molecule has 0 aliphatic heterocycles. The Morgan fingerprint density at radius 2 is 2.00 bits per heavy atom. The van der Waals surface area contributed by atoms with Gasteiger partial charge in [-0.25, -0.2) is 0 Å². The second-order valence-electron chi connectivity index (χ2n) is 4.02. The number of halogens is 4. The number of benzene rings is 1. The van der Waals surface area contributed by atoms with Crippen molar-refractivity contribution in [1.29, 1.82) is 0 Å². The quantitative estimate of drug-likeness (QED) is 0.819. The van der Waals surface area contributed by atoms with Crippen molar-refractivity contribution in [2.45, 2.75) is 38.9 Å². The van der Waals surface area contributed by atoms with Gasteiger partial charge in [-0.05, 0) is 31.5 Å². The van der Waals surface area contributed by atoms with Crippen LogP contribution in [0.2, 0.25) is 0 Å². The van der Waals surface area contributed by atoms with Crippen LogP contribution in [0.4, 0.5) is 18.9 Å². The fourth-order valence-corrected chi connectivity index (χ4v) is 2.01. The molecule has 1 atom stereocenters. The minimum absolute atomic E-state index is 0.0299. The highest BCUT2D eigenvalue weighted by atomic mass is 79.9. The first-order chi connectivity index (χ1) is 7.84. The summed E-state index contributed by atoms with van der Waals surface area (Å²) in [5.74, 6) is 0. The summed E-state index contributed by atoms with van der Waals surface area (Å²) in [7, 11) is 0. The van der Waals surface area contributed by atoms with Crippen molar-refractivity contribution in [2.75, 3.05) is 5.32 Å². The van der Waals surface area contributed by atoms with E-state index in [1.165, 1.54) is 6.07 Å². The van der Waals surface area contributed by atoms with E-state index in [0.29, 0.717) is 4.47 Å². The van der Waals surface area contributed by atoms with Crippen LogP contribution >= 0.6 is 15.9 Å². The van der Waals surface area contributed by atoms with Crippen molar-refractivity contribution in [2.24, 2.45) is 0 Å². The van der Waals surface area contributed by atoms with E-state index in [9.17, 15) is 13.2 Å². The Kier molecular flexibility index (Phi) is 4.86. The fraction of sp³-hybridized carbons (Fsp3) is 0.500. The van der Waals surface area contributed by atoms with Gasteiger partial charge < -0.3 is 5.32 Å². The summed E-state index contributed by atoms with van der Waals surface area (Å²) in [5, 5.41) is 2.90. The van der Waals surface area contributed by atoms with E-state index < -0.39 is 11.7 Å². The van der Waals surface area contributed by atoms with E-state index in [-0.39, 0.29) is 11.7 Å². The molecule has 0 saturated carbocycles. The molecule has 1 unspecified atom stereocenters. The second kappa shape index (κ2) is 5.76. The zero-order chi connectivity index (χ0) is 13.1. The maximum Gasteiger partial charge on any atom is 0.418 e. The van der Waals surface area contributed by atoms with Gasteiger partial charge in [-0.15, -0.1) is 0 Å². The van der Waals surface area contributed by atoms with E-state index in [1.807, 2.05) is 13.8 Å². The van der Waals surface area contributed by atoms with Gasteiger partial charge in [0.15, 0.2) is 0 Å². The number of alkyl halides is 3. The monoisotopic (exact) mass is 309 g/mol. The van der Waals surface area contributed by atoms with Crippen LogP contribution in [0.15, 0.2) is 22.7 Å². The van der Waals surface area contributed by atoms with Gasteiger partial charge in [0.25, 0.3) is 0 Å². The average molecular weight is 310 g/mol. The molecule has 96 valence electrons. The topological polar surface area (TPSA) is 12.0 Å². The molecule has 17 heavy (non-hydrogen) atoms. The zero-order valence-electron chi connectivity index (χ0n) is 9.74. The first-order valence-electron chi connectivity index (χ1n) is 5.48. The van der Waals surface area contributed by atoms with Gasteiger partial charge in [0.1, 0.15) is 0 Å². The number of hydrogen-bond acceptors (Lipinski definition) is 1. The number of hydrogen-bond donors (Lipinski definition) is 1. The highest BCUT2D eigenvalue weighted by Crippen LogP contribution is 2.36. The predicted octanol–water partition coefficient (Wildman–Crippen LogP) is 5.07. The molecule has 0 heterocycles. The maximum absolute atomic E-state index is 12.8. The highest BCUT2D eigenvalue weighted by Gasteiger charge is 2.33. The van der Waals surface area contributed by atoms with Crippen LogP contribution in [0.25, 0.3) is 0 Å². The summed E-state index contributed by atoms with van der Waals surface area (Å²) < 4.78 is 38.8. The molecule has 0 aliphatic rings. The van der Waals surface area contributed by atoms with Crippen LogP contribution < -0.4 is 5.32 Å². The summed E-state index contributed by atoms with van der Waals surface area (Å²) in [4.78, 5) is 0. The lowest BCUT2D eigenvalue weighted by Gasteiger charge is -2.19. The molecule has 0 radical (unpaired) electrons. The molecule has 1 aromatic carbocycles. The lowest BCUT2D eigenvalue weighted by atomic mass is 10.1. The molecule has 0 saturated heterocycles. The van der Waals surface area contributed by atoms with Crippen LogP contribution in [-0.2, 0) is 6.18 Å². The van der Waals surface area contributed by atoms with Crippen LogP contribution in [0.1, 0.15) is 32.3 Å². The molecule has 5 heteroatoms. The van der Waals surface area contributed by atoms with Crippen molar-refractivity contribution < 1.29 is 13.2 Å². The molecular weight excluding hydrogens is 295 g/mol. The standard InChI is InChI=1S/C12H15BrF3N/c1-3-4-8(2)17-11-6-5-9(13)7-10(11)12(14,15)16/h5-8,17H,3-4H2,1-2H3. The number of anilines is 1. The number of rotatable bonds is 4. The van der Waals surface area contributed by atoms with Crippen molar-refractivity contribution in [3.63, 3.8) is 0 Å². The van der Waals surface area contributed by atoms with E-state index in [0.717, 1.165) is 18.9 Å². The van der Waals surface area contributed by atoms with E-state index in [4.69, 9.17) is 0 Å². The summed E-state index contributed by atoms with van der Waals surface area (Å²) in [6.07, 6.45) is -2.56. The molecule has 0 aromatic heterocycles. The average Bonchev–Trinajstić information content (AvgIpc) is 2.19. The molecule has 1 N–H and O–H groups in total. The lowest BCUT2D eigenvalue weighted by Crippen LogP contribution is -2.18. The minimum Gasteiger partial charge on any atom is -0.382 e. The van der Waals surface area contributed by atoms with E-state index >= 15 is 0 Å². The molecule has 1 rings (SSSR count). The second-order valence-corrected chi connectivity index (χ2v) is 4.94. The summed E-state index contributed by atoms with van der Waals surface area (Å²) in [6, 6.07) is 4.19. The van der Waals surface area contributed by atoms with Crippen LogP contribution in [0, 0.1) is 0 Å². The van der Waals surface area contributed by atoms with E-state index in [1.54, 1.807) is 6.07 Å². The molecule has 0 fully saturated rings. The smallest absolute Gasteiger partial charge is 0.382 e. The minimum atomic E-state index is -4.34. The third-order valence-electron chi connectivity index (χ3n) is 2.41. The zero-order valence-corrected chi connectivity index (χ0v) is 11.3. The van der Waals surface area contributed by atoms with Gasteiger partial charge in [0.2, 0.25) is 0 Å². The molecule has 0 spiro atoms. The molecule has 1 nitrogen and oxygen atoms in total. The SMILES string of the molecule is CCCC(C)Nc1ccc(Br)cc1C(F)(F)F. The molecule has 0 bridgehead atoms. The molecule has 0 amide bonds.